The molecule has 3 rings (SSSR count). The van der Waals surface area contributed by atoms with Crippen LogP contribution in [0, 0.1) is 0 Å². The first-order valence-electron chi connectivity index (χ1n) is 14.0. The Hall–Kier alpha value is -4.01. The zero-order chi connectivity index (χ0) is 29.9. The van der Waals surface area contributed by atoms with E-state index in [0.717, 1.165) is 25.7 Å². The number of phenolic OH excluding ortho intramolecular Hbond substituents is 2. The molecule has 216 valence electrons. The predicted octanol–water partition coefficient (Wildman–Crippen LogP) is 5.25. The molecule has 0 aliphatic heterocycles. The third-order valence-corrected chi connectivity index (χ3v) is 7.62. The number of anilines is 1. The SMILES string of the molecule is CCCN(C1=CC(=O)/C(=C2/C(=O)C(=O)C(c3c(O)cc(N(CCC)C(C)CC)cc3O)=C2O)C(O)=C1)C(C)CC. The largest absolute Gasteiger partial charge is 0.507 e. The summed E-state index contributed by atoms with van der Waals surface area (Å²) in [7, 11) is 0. The molecule has 2 atom stereocenters. The molecule has 0 spiro atoms. The number of allylic oxidation sites excluding steroid dienone is 5. The van der Waals surface area contributed by atoms with Gasteiger partial charge in [-0.3, -0.25) is 14.4 Å². The number of hydrogen-bond acceptors (Lipinski definition) is 9. The first-order valence-corrected chi connectivity index (χ1v) is 14.0. The van der Waals surface area contributed by atoms with Gasteiger partial charge < -0.3 is 30.2 Å². The van der Waals surface area contributed by atoms with Crippen LogP contribution in [0.5, 0.6) is 11.5 Å². The summed E-state index contributed by atoms with van der Waals surface area (Å²) in [5.41, 5.74) is -1.21. The summed E-state index contributed by atoms with van der Waals surface area (Å²) in [5.74, 6) is -5.60. The zero-order valence-corrected chi connectivity index (χ0v) is 24.1. The van der Waals surface area contributed by atoms with Crippen molar-refractivity contribution in [3.05, 3.63) is 58.2 Å². The molecular formula is C31H40N2O7. The van der Waals surface area contributed by atoms with Crippen LogP contribution in [0.1, 0.15) is 72.8 Å². The average Bonchev–Trinajstić information content (AvgIpc) is 3.12. The normalized spacial score (nSPS) is 19.1. The number of carbonyl (C=O) groups excluding carboxylic acids is 3. The minimum absolute atomic E-state index is 0.0781. The van der Waals surface area contributed by atoms with Crippen molar-refractivity contribution in [3.63, 3.8) is 0 Å². The summed E-state index contributed by atoms with van der Waals surface area (Å²) in [6, 6.07) is 2.92. The van der Waals surface area contributed by atoms with E-state index < -0.39 is 62.6 Å². The molecule has 0 radical (unpaired) electrons. The van der Waals surface area contributed by atoms with Crippen LogP contribution in [0.3, 0.4) is 0 Å². The van der Waals surface area contributed by atoms with E-state index in [1.54, 1.807) is 0 Å². The minimum atomic E-state index is -1.21. The molecule has 40 heavy (non-hydrogen) atoms. The van der Waals surface area contributed by atoms with Crippen LogP contribution in [0.25, 0.3) is 5.57 Å². The summed E-state index contributed by atoms with van der Waals surface area (Å²) in [6.45, 7) is 13.3. The Morgan fingerprint density at radius 3 is 1.70 bits per heavy atom. The standard InChI is InChI=1S/C31H40N2O7/c1-7-11-32(17(5)9-3)19-13-21(34)25(22(35)14-19)27-29(38)28(31(40)30(27)39)26-23(36)15-20(16-24(26)37)33(12-8-2)18(6)10-4/h13-18,34-36,38H,7-12H2,1-6H3/b28-26+. The fourth-order valence-electron chi connectivity index (χ4n) is 5.18. The van der Waals surface area contributed by atoms with Crippen molar-refractivity contribution in [1.82, 2.24) is 4.90 Å². The van der Waals surface area contributed by atoms with Crippen LogP contribution in [0.4, 0.5) is 5.69 Å². The van der Waals surface area contributed by atoms with Crippen LogP contribution >= 0.6 is 0 Å². The molecule has 0 bridgehead atoms. The predicted molar refractivity (Wildman–Crippen MR) is 154 cm³/mol. The molecule has 2 unspecified atom stereocenters. The highest BCUT2D eigenvalue weighted by molar-refractivity contribution is 6.63. The van der Waals surface area contributed by atoms with Crippen LogP contribution in [0.15, 0.2) is 52.6 Å². The van der Waals surface area contributed by atoms with Crippen LogP contribution in [0.2, 0.25) is 0 Å². The topological polar surface area (TPSA) is 139 Å². The van der Waals surface area contributed by atoms with Gasteiger partial charge in [0.25, 0.3) is 0 Å². The average molecular weight is 553 g/mol. The van der Waals surface area contributed by atoms with Crippen molar-refractivity contribution in [3.8, 4) is 11.5 Å². The highest BCUT2D eigenvalue weighted by Crippen LogP contribution is 2.44. The molecule has 2 aliphatic carbocycles. The Bertz CT molecular complexity index is 1310. The molecular weight excluding hydrogens is 512 g/mol. The van der Waals surface area contributed by atoms with Crippen LogP contribution < -0.4 is 4.90 Å². The van der Waals surface area contributed by atoms with Crippen molar-refractivity contribution in [2.45, 2.75) is 79.3 Å². The van der Waals surface area contributed by atoms with E-state index in [2.05, 4.69) is 0 Å². The number of aromatic hydroxyl groups is 2. The number of phenols is 2. The Morgan fingerprint density at radius 2 is 1.20 bits per heavy atom. The number of carbonyl (C=O) groups is 3. The van der Waals surface area contributed by atoms with Gasteiger partial charge in [-0.05, 0) is 39.5 Å². The van der Waals surface area contributed by atoms with E-state index in [9.17, 15) is 34.8 Å². The van der Waals surface area contributed by atoms with E-state index in [-0.39, 0.29) is 12.1 Å². The number of hydrogen-bond donors (Lipinski definition) is 4. The molecule has 9 heteroatoms. The summed E-state index contributed by atoms with van der Waals surface area (Å²) < 4.78 is 0. The fourth-order valence-corrected chi connectivity index (χ4v) is 5.18. The van der Waals surface area contributed by atoms with Gasteiger partial charge in [-0.1, -0.05) is 27.7 Å². The van der Waals surface area contributed by atoms with Gasteiger partial charge in [0.15, 0.2) is 5.78 Å². The van der Waals surface area contributed by atoms with E-state index in [1.165, 1.54) is 24.3 Å². The van der Waals surface area contributed by atoms with Gasteiger partial charge in [0, 0.05) is 60.8 Å². The summed E-state index contributed by atoms with van der Waals surface area (Å²) in [6.07, 6.45) is 5.85. The van der Waals surface area contributed by atoms with Crippen molar-refractivity contribution in [2.75, 3.05) is 18.0 Å². The van der Waals surface area contributed by atoms with Gasteiger partial charge in [0.2, 0.25) is 11.6 Å². The maximum atomic E-state index is 13.2. The first kappa shape index (κ1) is 30.5. The van der Waals surface area contributed by atoms with E-state index in [0.29, 0.717) is 24.5 Å². The van der Waals surface area contributed by atoms with Crippen molar-refractivity contribution >= 4 is 28.6 Å². The smallest absolute Gasteiger partial charge is 0.238 e. The quantitative estimate of drug-likeness (QED) is 0.214. The monoisotopic (exact) mass is 552 g/mol. The molecule has 4 N–H and O–H groups in total. The van der Waals surface area contributed by atoms with E-state index in [1.807, 2.05) is 51.3 Å². The van der Waals surface area contributed by atoms with Gasteiger partial charge in [-0.2, -0.15) is 0 Å². The molecule has 2 aliphatic rings. The van der Waals surface area contributed by atoms with Crippen molar-refractivity contribution < 1.29 is 34.8 Å². The molecule has 0 amide bonds. The number of aliphatic hydroxyl groups excluding tert-OH is 2. The van der Waals surface area contributed by atoms with Gasteiger partial charge >= 0.3 is 0 Å². The maximum Gasteiger partial charge on any atom is 0.238 e. The highest BCUT2D eigenvalue weighted by Gasteiger charge is 2.43. The number of ketones is 3. The summed E-state index contributed by atoms with van der Waals surface area (Å²) >= 11 is 0. The van der Waals surface area contributed by atoms with E-state index in [4.69, 9.17) is 0 Å². The second-order valence-electron chi connectivity index (χ2n) is 10.4. The molecule has 0 aromatic heterocycles. The third-order valence-electron chi connectivity index (χ3n) is 7.62. The lowest BCUT2D eigenvalue weighted by Crippen LogP contribution is -2.34. The van der Waals surface area contributed by atoms with Crippen molar-refractivity contribution in [2.24, 2.45) is 0 Å². The number of nitrogens with zero attached hydrogens (tertiary/aromatic N) is 2. The van der Waals surface area contributed by atoms with Gasteiger partial charge in [-0.25, -0.2) is 0 Å². The fraction of sp³-hybridized carbons (Fsp3) is 0.452. The van der Waals surface area contributed by atoms with Gasteiger partial charge in [0.05, 0.1) is 22.3 Å². The van der Waals surface area contributed by atoms with Crippen molar-refractivity contribution in [1.29, 1.82) is 0 Å². The number of aliphatic hydroxyl groups is 2. The van der Waals surface area contributed by atoms with Gasteiger partial charge in [-0.15, -0.1) is 0 Å². The van der Waals surface area contributed by atoms with Crippen LogP contribution in [-0.2, 0) is 14.4 Å². The third kappa shape index (κ3) is 5.50. The Kier molecular flexibility index (Phi) is 9.50. The second kappa shape index (κ2) is 12.4. The summed E-state index contributed by atoms with van der Waals surface area (Å²) in [4.78, 5) is 43.3. The van der Waals surface area contributed by atoms with Crippen LogP contribution in [-0.4, -0.2) is 67.8 Å². The van der Waals surface area contributed by atoms with E-state index >= 15 is 0 Å². The Labute approximate surface area is 235 Å². The maximum absolute atomic E-state index is 13.2. The zero-order valence-electron chi connectivity index (χ0n) is 24.1. The molecule has 9 nitrogen and oxygen atoms in total. The molecule has 1 aromatic rings. The molecule has 1 aromatic carbocycles. The molecule has 0 saturated heterocycles. The summed E-state index contributed by atoms with van der Waals surface area (Å²) in [5, 5.41) is 43.7. The molecule has 0 heterocycles. The molecule has 0 saturated carbocycles. The Balaban J connectivity index is 2.14. The minimum Gasteiger partial charge on any atom is -0.507 e. The molecule has 0 fully saturated rings. The second-order valence-corrected chi connectivity index (χ2v) is 10.4. The number of benzene rings is 1. The lowest BCUT2D eigenvalue weighted by atomic mass is 9.94. The van der Waals surface area contributed by atoms with Gasteiger partial charge in [0.1, 0.15) is 23.0 Å². The number of rotatable bonds is 11. The highest BCUT2D eigenvalue weighted by atomic mass is 16.3. The lowest BCUT2D eigenvalue weighted by Gasteiger charge is -2.32. The first-order chi connectivity index (χ1) is 18.9. The number of Topliss-reactive ketones (excluding diaryl/α,β-unsaturated/α-hetero) is 2. The lowest BCUT2D eigenvalue weighted by molar-refractivity contribution is -0.130. The Morgan fingerprint density at radius 1 is 0.700 bits per heavy atom.